The predicted molar refractivity (Wildman–Crippen MR) is 82.4 cm³/mol. The molecule has 0 aliphatic heterocycles. The molecule has 0 fully saturated rings. The number of hydrogen-bond donors (Lipinski definition) is 1. The fourth-order valence-corrected chi connectivity index (χ4v) is 2.59. The summed E-state index contributed by atoms with van der Waals surface area (Å²) in [7, 11) is 1.83. The number of halogens is 1. The first kappa shape index (κ1) is 15.0. The lowest BCUT2D eigenvalue weighted by molar-refractivity contribution is 0.517. The predicted octanol–water partition coefficient (Wildman–Crippen LogP) is 3.22. The van der Waals surface area contributed by atoms with Crippen molar-refractivity contribution in [1.82, 2.24) is 0 Å². The number of rotatable bonds is 4. The molecule has 0 aliphatic carbocycles. The molecule has 4 heteroatoms. The number of hydrogen-bond acceptors (Lipinski definition) is 3. The second-order valence-corrected chi connectivity index (χ2v) is 5.07. The maximum atomic E-state index is 14.1. The molecule has 0 heterocycles. The number of benzene rings is 2. The third kappa shape index (κ3) is 3.04. The van der Waals surface area contributed by atoms with Crippen molar-refractivity contribution in [2.24, 2.45) is 5.73 Å². The van der Waals surface area contributed by atoms with Crippen LogP contribution in [0.5, 0.6) is 0 Å². The van der Waals surface area contributed by atoms with Crippen molar-refractivity contribution in [3.63, 3.8) is 0 Å². The highest BCUT2D eigenvalue weighted by atomic mass is 19.1. The molecule has 2 aromatic carbocycles. The first-order chi connectivity index (χ1) is 10.1. The molecule has 2 rings (SSSR count). The first-order valence-corrected chi connectivity index (χ1v) is 6.78. The van der Waals surface area contributed by atoms with Gasteiger partial charge in [-0.15, -0.1) is 0 Å². The van der Waals surface area contributed by atoms with Gasteiger partial charge in [-0.3, -0.25) is 0 Å². The zero-order valence-corrected chi connectivity index (χ0v) is 12.1. The molecule has 3 nitrogen and oxygen atoms in total. The smallest absolute Gasteiger partial charge is 0.128 e. The minimum atomic E-state index is -0.347. The molecular formula is C17H18FN3. The maximum Gasteiger partial charge on any atom is 0.128 e. The molecule has 2 unspecified atom stereocenters. The van der Waals surface area contributed by atoms with Crippen LogP contribution < -0.4 is 10.6 Å². The number of anilines is 1. The molecule has 0 spiro atoms. The summed E-state index contributed by atoms with van der Waals surface area (Å²) in [5.41, 5.74) is 7.89. The van der Waals surface area contributed by atoms with Gasteiger partial charge >= 0.3 is 0 Å². The van der Waals surface area contributed by atoms with Crippen LogP contribution in [0.25, 0.3) is 0 Å². The monoisotopic (exact) mass is 283 g/mol. The largest absolute Gasteiger partial charge is 0.365 e. The summed E-state index contributed by atoms with van der Waals surface area (Å²) >= 11 is 0. The van der Waals surface area contributed by atoms with Crippen molar-refractivity contribution in [3.05, 3.63) is 65.5 Å². The van der Waals surface area contributed by atoms with Crippen molar-refractivity contribution in [3.8, 4) is 6.07 Å². The van der Waals surface area contributed by atoms with Gasteiger partial charge in [-0.1, -0.05) is 30.3 Å². The lowest BCUT2D eigenvalue weighted by Crippen LogP contribution is -2.38. The van der Waals surface area contributed by atoms with E-state index in [-0.39, 0.29) is 17.9 Å². The van der Waals surface area contributed by atoms with Gasteiger partial charge in [0.1, 0.15) is 11.9 Å². The molecule has 108 valence electrons. The van der Waals surface area contributed by atoms with Gasteiger partial charge in [0.2, 0.25) is 0 Å². The van der Waals surface area contributed by atoms with Crippen LogP contribution in [0.15, 0.2) is 48.5 Å². The van der Waals surface area contributed by atoms with Gasteiger partial charge in [0, 0.05) is 18.7 Å². The van der Waals surface area contributed by atoms with E-state index in [9.17, 15) is 9.65 Å². The highest BCUT2D eigenvalue weighted by Crippen LogP contribution is 2.31. The summed E-state index contributed by atoms with van der Waals surface area (Å²) in [6, 6.07) is 15.4. The minimum Gasteiger partial charge on any atom is -0.365 e. The maximum absolute atomic E-state index is 14.1. The Kier molecular flexibility index (Phi) is 4.56. The molecule has 0 bridgehead atoms. The Balaban J connectivity index is 2.49. The molecule has 0 saturated carbocycles. The third-order valence-electron chi connectivity index (χ3n) is 3.54. The van der Waals surface area contributed by atoms with Crippen LogP contribution in [0.4, 0.5) is 10.1 Å². The van der Waals surface area contributed by atoms with E-state index in [1.54, 1.807) is 30.3 Å². The molecule has 0 amide bonds. The van der Waals surface area contributed by atoms with E-state index in [1.807, 2.05) is 31.0 Å². The van der Waals surface area contributed by atoms with Crippen molar-refractivity contribution in [2.75, 3.05) is 11.9 Å². The minimum absolute atomic E-state index is 0.291. The molecule has 2 aromatic rings. The zero-order valence-electron chi connectivity index (χ0n) is 12.1. The number of nitrogens with zero attached hydrogens (tertiary/aromatic N) is 2. The molecule has 2 N–H and O–H groups in total. The quantitative estimate of drug-likeness (QED) is 0.937. The van der Waals surface area contributed by atoms with Crippen LogP contribution in [0.1, 0.15) is 24.1 Å². The third-order valence-corrected chi connectivity index (χ3v) is 3.54. The van der Waals surface area contributed by atoms with Crippen LogP contribution >= 0.6 is 0 Å². The SMILES string of the molecule is CC(N)C(c1ccccc1F)N(C)c1ccccc1C#N. The van der Waals surface area contributed by atoms with E-state index >= 15 is 0 Å². The van der Waals surface area contributed by atoms with Gasteiger partial charge in [0.05, 0.1) is 17.3 Å². The number of para-hydroxylation sites is 1. The van der Waals surface area contributed by atoms with E-state index in [0.717, 1.165) is 5.69 Å². The van der Waals surface area contributed by atoms with E-state index in [1.165, 1.54) is 6.07 Å². The standard InChI is InChI=1S/C17H18FN3/c1-12(20)17(14-8-4-5-9-15(14)18)21(2)16-10-6-3-7-13(16)11-19/h3-10,12,17H,20H2,1-2H3. The highest BCUT2D eigenvalue weighted by Gasteiger charge is 2.25. The number of likely N-dealkylation sites (N-methyl/N-ethyl adjacent to an activating group) is 1. The fraction of sp³-hybridized carbons (Fsp3) is 0.235. The average molecular weight is 283 g/mol. The molecule has 0 aliphatic rings. The molecule has 21 heavy (non-hydrogen) atoms. The Morgan fingerprint density at radius 3 is 2.38 bits per heavy atom. The van der Waals surface area contributed by atoms with Crippen LogP contribution in [0, 0.1) is 17.1 Å². The average Bonchev–Trinajstić information content (AvgIpc) is 2.49. The van der Waals surface area contributed by atoms with Crippen molar-refractivity contribution in [2.45, 2.75) is 19.0 Å². The fourth-order valence-electron chi connectivity index (χ4n) is 2.59. The van der Waals surface area contributed by atoms with Crippen LogP contribution in [0.3, 0.4) is 0 Å². The number of nitriles is 1. The Morgan fingerprint density at radius 1 is 1.14 bits per heavy atom. The van der Waals surface area contributed by atoms with Gasteiger partial charge in [-0.05, 0) is 25.1 Å². The Morgan fingerprint density at radius 2 is 1.76 bits per heavy atom. The topological polar surface area (TPSA) is 53.0 Å². The van der Waals surface area contributed by atoms with E-state index in [2.05, 4.69) is 6.07 Å². The van der Waals surface area contributed by atoms with E-state index in [4.69, 9.17) is 5.73 Å². The molecule has 0 aromatic heterocycles. The Hall–Kier alpha value is -2.38. The van der Waals surface area contributed by atoms with Crippen molar-refractivity contribution in [1.29, 1.82) is 5.26 Å². The van der Waals surface area contributed by atoms with Crippen LogP contribution in [-0.2, 0) is 0 Å². The normalized spacial score (nSPS) is 13.3. The molecule has 0 saturated heterocycles. The van der Waals surface area contributed by atoms with Gasteiger partial charge in [-0.25, -0.2) is 4.39 Å². The van der Waals surface area contributed by atoms with Gasteiger partial charge in [0.25, 0.3) is 0 Å². The van der Waals surface area contributed by atoms with Gasteiger partial charge in [0.15, 0.2) is 0 Å². The molecule has 0 radical (unpaired) electrons. The van der Waals surface area contributed by atoms with E-state index < -0.39 is 0 Å². The second-order valence-electron chi connectivity index (χ2n) is 5.07. The van der Waals surface area contributed by atoms with E-state index in [0.29, 0.717) is 11.1 Å². The number of nitrogens with two attached hydrogens (primary N) is 1. The van der Waals surface area contributed by atoms with Crippen LogP contribution in [-0.4, -0.2) is 13.1 Å². The zero-order chi connectivity index (χ0) is 15.4. The summed E-state index contributed by atoms with van der Waals surface area (Å²) in [6.45, 7) is 1.84. The Labute approximate surface area is 124 Å². The lowest BCUT2D eigenvalue weighted by Gasteiger charge is -2.34. The highest BCUT2D eigenvalue weighted by molar-refractivity contribution is 5.60. The second kappa shape index (κ2) is 6.38. The lowest BCUT2D eigenvalue weighted by atomic mass is 9.97. The van der Waals surface area contributed by atoms with Crippen molar-refractivity contribution >= 4 is 5.69 Å². The van der Waals surface area contributed by atoms with Crippen LogP contribution in [0.2, 0.25) is 0 Å². The summed E-state index contributed by atoms with van der Waals surface area (Å²) in [5, 5.41) is 9.23. The summed E-state index contributed by atoms with van der Waals surface area (Å²) < 4.78 is 14.1. The van der Waals surface area contributed by atoms with Crippen molar-refractivity contribution < 1.29 is 4.39 Å². The van der Waals surface area contributed by atoms with Gasteiger partial charge < -0.3 is 10.6 Å². The van der Waals surface area contributed by atoms with Gasteiger partial charge in [-0.2, -0.15) is 5.26 Å². The summed E-state index contributed by atoms with van der Waals surface area (Å²) in [6.07, 6.45) is 0. The summed E-state index contributed by atoms with van der Waals surface area (Å²) in [4.78, 5) is 1.86. The molecule has 2 atom stereocenters. The Bertz CT molecular complexity index is 661. The summed E-state index contributed by atoms with van der Waals surface area (Å²) in [5.74, 6) is -0.291. The first-order valence-electron chi connectivity index (χ1n) is 6.78. The molecular weight excluding hydrogens is 265 g/mol.